The highest BCUT2D eigenvalue weighted by Crippen LogP contribution is 2.18. The molecule has 1 aromatic heterocycles. The highest BCUT2D eigenvalue weighted by molar-refractivity contribution is 7.07. The summed E-state index contributed by atoms with van der Waals surface area (Å²) in [4.78, 5) is 32.1. The summed E-state index contributed by atoms with van der Waals surface area (Å²) < 4.78 is 13.3. The number of amides is 2. The van der Waals surface area contributed by atoms with Crippen molar-refractivity contribution >= 4 is 23.2 Å². The SMILES string of the molecule is C[C@H]1C(=O)N(Cc2cccc(F)c2)CC(=O)N1Cc1cscn1. The van der Waals surface area contributed by atoms with E-state index in [1.807, 2.05) is 5.38 Å². The molecular weight excluding hydrogens is 317 g/mol. The Bertz CT molecular complexity index is 720. The van der Waals surface area contributed by atoms with Crippen molar-refractivity contribution in [1.82, 2.24) is 14.8 Å². The molecule has 0 aliphatic carbocycles. The van der Waals surface area contributed by atoms with E-state index < -0.39 is 6.04 Å². The number of rotatable bonds is 4. The van der Waals surface area contributed by atoms with E-state index >= 15 is 0 Å². The van der Waals surface area contributed by atoms with Crippen molar-refractivity contribution in [3.05, 3.63) is 52.2 Å². The van der Waals surface area contributed by atoms with E-state index in [9.17, 15) is 14.0 Å². The second kappa shape index (κ2) is 6.45. The highest BCUT2D eigenvalue weighted by Gasteiger charge is 2.36. The lowest BCUT2D eigenvalue weighted by atomic mass is 10.1. The second-order valence-corrected chi connectivity index (χ2v) is 6.22. The summed E-state index contributed by atoms with van der Waals surface area (Å²) in [6.07, 6.45) is 0. The first-order valence-electron chi connectivity index (χ1n) is 7.24. The molecule has 1 saturated heterocycles. The van der Waals surface area contributed by atoms with Gasteiger partial charge in [-0.15, -0.1) is 11.3 Å². The molecule has 1 aliphatic rings. The Hall–Kier alpha value is -2.28. The highest BCUT2D eigenvalue weighted by atomic mass is 32.1. The van der Waals surface area contributed by atoms with E-state index in [-0.39, 0.29) is 30.7 Å². The molecule has 1 atom stereocenters. The van der Waals surface area contributed by atoms with Crippen molar-refractivity contribution in [1.29, 1.82) is 0 Å². The van der Waals surface area contributed by atoms with Crippen molar-refractivity contribution in [2.24, 2.45) is 0 Å². The number of benzene rings is 1. The maximum absolute atomic E-state index is 13.3. The summed E-state index contributed by atoms with van der Waals surface area (Å²) in [7, 11) is 0. The molecule has 0 N–H and O–H groups in total. The van der Waals surface area contributed by atoms with E-state index in [4.69, 9.17) is 0 Å². The summed E-state index contributed by atoms with van der Waals surface area (Å²) in [6, 6.07) is 5.52. The number of hydrogen-bond donors (Lipinski definition) is 0. The van der Waals surface area contributed by atoms with Crippen molar-refractivity contribution in [3.63, 3.8) is 0 Å². The number of halogens is 1. The van der Waals surface area contributed by atoms with Gasteiger partial charge in [0.1, 0.15) is 18.4 Å². The fraction of sp³-hybridized carbons (Fsp3) is 0.312. The molecule has 1 aromatic carbocycles. The van der Waals surface area contributed by atoms with E-state index in [1.54, 1.807) is 29.5 Å². The number of nitrogens with zero attached hydrogens (tertiary/aromatic N) is 3. The summed E-state index contributed by atoms with van der Waals surface area (Å²) in [6.45, 7) is 2.29. The maximum Gasteiger partial charge on any atom is 0.245 e. The third kappa shape index (κ3) is 3.39. The molecule has 2 amide bonds. The predicted octanol–water partition coefficient (Wildman–Crippen LogP) is 2.04. The van der Waals surface area contributed by atoms with Gasteiger partial charge in [0.25, 0.3) is 0 Å². The van der Waals surface area contributed by atoms with Gasteiger partial charge >= 0.3 is 0 Å². The van der Waals surface area contributed by atoms with Gasteiger partial charge in [-0.25, -0.2) is 9.37 Å². The Kier molecular flexibility index (Phi) is 4.38. The molecular formula is C16H16FN3O2S. The van der Waals surface area contributed by atoms with Gasteiger partial charge in [-0.1, -0.05) is 12.1 Å². The molecule has 0 bridgehead atoms. The van der Waals surface area contributed by atoms with E-state index in [0.29, 0.717) is 12.1 Å². The van der Waals surface area contributed by atoms with Gasteiger partial charge in [-0.2, -0.15) is 0 Å². The predicted molar refractivity (Wildman–Crippen MR) is 83.9 cm³/mol. The molecule has 0 saturated carbocycles. The van der Waals surface area contributed by atoms with Crippen LogP contribution in [0.2, 0.25) is 0 Å². The van der Waals surface area contributed by atoms with Crippen LogP contribution in [-0.4, -0.2) is 39.2 Å². The van der Waals surface area contributed by atoms with Gasteiger partial charge in [0, 0.05) is 11.9 Å². The normalized spacial score (nSPS) is 18.6. The molecule has 0 spiro atoms. The standard InChI is InChI=1S/C16H16FN3O2S/c1-11-16(22)19(6-12-3-2-4-13(17)5-12)8-15(21)20(11)7-14-9-23-10-18-14/h2-5,9-11H,6-8H2,1H3/t11-/m0/s1. The van der Waals surface area contributed by atoms with E-state index in [0.717, 1.165) is 5.69 Å². The fourth-order valence-electron chi connectivity index (χ4n) is 2.65. The zero-order valence-corrected chi connectivity index (χ0v) is 13.4. The van der Waals surface area contributed by atoms with Crippen LogP contribution in [0.3, 0.4) is 0 Å². The molecule has 5 nitrogen and oxygen atoms in total. The number of piperazine rings is 1. The minimum atomic E-state index is -0.550. The van der Waals surface area contributed by atoms with Gasteiger partial charge in [0.05, 0.1) is 17.7 Å². The number of thiazole rings is 1. The molecule has 1 aliphatic heterocycles. The number of carbonyl (C=O) groups is 2. The Labute approximate surface area is 137 Å². The topological polar surface area (TPSA) is 53.5 Å². The number of carbonyl (C=O) groups excluding carboxylic acids is 2. The van der Waals surface area contributed by atoms with Crippen molar-refractivity contribution in [3.8, 4) is 0 Å². The van der Waals surface area contributed by atoms with Crippen molar-refractivity contribution in [2.45, 2.75) is 26.1 Å². The maximum atomic E-state index is 13.3. The Morgan fingerprint density at radius 1 is 1.35 bits per heavy atom. The zero-order chi connectivity index (χ0) is 16.4. The molecule has 1 fully saturated rings. The minimum absolute atomic E-state index is 0.00379. The summed E-state index contributed by atoms with van der Waals surface area (Å²) in [5.74, 6) is -0.609. The molecule has 0 unspecified atom stereocenters. The fourth-order valence-corrected chi connectivity index (χ4v) is 3.20. The monoisotopic (exact) mass is 333 g/mol. The zero-order valence-electron chi connectivity index (χ0n) is 12.6. The average Bonchev–Trinajstić information content (AvgIpc) is 3.02. The second-order valence-electron chi connectivity index (χ2n) is 5.50. The minimum Gasteiger partial charge on any atom is -0.327 e. The van der Waals surface area contributed by atoms with Gasteiger partial charge < -0.3 is 9.80 Å². The van der Waals surface area contributed by atoms with Crippen LogP contribution >= 0.6 is 11.3 Å². The lowest BCUT2D eigenvalue weighted by Gasteiger charge is -2.38. The lowest BCUT2D eigenvalue weighted by Crippen LogP contribution is -2.58. The molecule has 2 aromatic rings. The first-order valence-corrected chi connectivity index (χ1v) is 8.18. The number of aromatic nitrogens is 1. The van der Waals surface area contributed by atoms with E-state index in [2.05, 4.69) is 4.98 Å². The van der Waals surface area contributed by atoms with Gasteiger partial charge in [0.15, 0.2) is 0 Å². The van der Waals surface area contributed by atoms with Crippen LogP contribution in [-0.2, 0) is 22.7 Å². The van der Waals surface area contributed by atoms with Crippen LogP contribution in [0.1, 0.15) is 18.2 Å². The van der Waals surface area contributed by atoms with Crippen LogP contribution in [0.15, 0.2) is 35.2 Å². The van der Waals surface area contributed by atoms with E-state index in [1.165, 1.54) is 28.4 Å². The van der Waals surface area contributed by atoms with Crippen LogP contribution < -0.4 is 0 Å². The molecule has 23 heavy (non-hydrogen) atoms. The molecule has 7 heteroatoms. The molecule has 3 rings (SSSR count). The quantitative estimate of drug-likeness (QED) is 0.860. The van der Waals surface area contributed by atoms with Crippen molar-refractivity contribution in [2.75, 3.05) is 6.54 Å². The Balaban J connectivity index is 1.72. The van der Waals surface area contributed by atoms with Crippen LogP contribution in [0.25, 0.3) is 0 Å². The molecule has 0 radical (unpaired) electrons. The summed E-state index contributed by atoms with van der Waals surface area (Å²) in [5, 5.41) is 1.86. The smallest absolute Gasteiger partial charge is 0.245 e. The Morgan fingerprint density at radius 2 is 2.17 bits per heavy atom. The average molecular weight is 333 g/mol. The van der Waals surface area contributed by atoms with Gasteiger partial charge in [-0.05, 0) is 24.6 Å². The molecule has 120 valence electrons. The Morgan fingerprint density at radius 3 is 2.87 bits per heavy atom. The summed E-state index contributed by atoms with van der Waals surface area (Å²) >= 11 is 1.46. The number of hydrogen-bond acceptors (Lipinski definition) is 4. The first kappa shape index (κ1) is 15.6. The van der Waals surface area contributed by atoms with Crippen molar-refractivity contribution < 1.29 is 14.0 Å². The summed E-state index contributed by atoms with van der Waals surface area (Å²) in [5.41, 5.74) is 3.15. The first-order chi connectivity index (χ1) is 11.0. The van der Waals surface area contributed by atoms with Gasteiger partial charge in [-0.3, -0.25) is 9.59 Å². The third-order valence-electron chi connectivity index (χ3n) is 3.86. The third-order valence-corrected chi connectivity index (χ3v) is 4.50. The van der Waals surface area contributed by atoms with Gasteiger partial charge in [0.2, 0.25) is 11.8 Å². The molecule has 2 heterocycles. The van der Waals surface area contributed by atoms with Crippen LogP contribution in [0.5, 0.6) is 0 Å². The largest absolute Gasteiger partial charge is 0.327 e. The van der Waals surface area contributed by atoms with Crippen LogP contribution in [0.4, 0.5) is 4.39 Å². The van der Waals surface area contributed by atoms with Crippen LogP contribution in [0, 0.1) is 5.82 Å². The lowest BCUT2D eigenvalue weighted by molar-refractivity contribution is -0.156.